The second kappa shape index (κ2) is 12.7. The number of amides is 3. The molecule has 0 bridgehead atoms. The molecule has 2 aromatic rings. The fourth-order valence-corrected chi connectivity index (χ4v) is 5.83. The molecule has 0 radical (unpaired) electrons. The molecule has 0 spiro atoms. The van der Waals surface area contributed by atoms with E-state index in [0.717, 1.165) is 30.1 Å². The molecule has 0 saturated heterocycles. The van der Waals surface area contributed by atoms with Crippen molar-refractivity contribution in [2.45, 2.75) is 44.3 Å². The van der Waals surface area contributed by atoms with Gasteiger partial charge in [-0.25, -0.2) is 4.98 Å². The molecule has 2 N–H and O–H groups in total. The maximum Gasteiger partial charge on any atom is 0.296 e. The zero-order chi connectivity index (χ0) is 25.8. The third kappa shape index (κ3) is 7.45. The number of nitrogens with one attached hydrogen (secondary N) is 2. The number of benzene rings is 1. The van der Waals surface area contributed by atoms with Crippen LogP contribution in [0.5, 0.6) is 0 Å². The van der Waals surface area contributed by atoms with Gasteiger partial charge < -0.3 is 20.4 Å². The van der Waals surface area contributed by atoms with Crippen LogP contribution in [0.1, 0.15) is 45.2 Å². The minimum absolute atomic E-state index is 0. The molecule has 1 aromatic carbocycles. The van der Waals surface area contributed by atoms with E-state index in [0.29, 0.717) is 34.9 Å². The van der Waals surface area contributed by atoms with E-state index in [-0.39, 0.29) is 36.2 Å². The molecule has 1 saturated carbocycles. The Bertz CT molecular complexity index is 1210. The molecule has 3 amide bonds. The summed E-state index contributed by atoms with van der Waals surface area (Å²) in [5, 5.41) is 7.03. The van der Waals surface area contributed by atoms with Gasteiger partial charge in [0.1, 0.15) is 0 Å². The van der Waals surface area contributed by atoms with E-state index in [1.165, 1.54) is 11.3 Å². The van der Waals surface area contributed by atoms with Crippen LogP contribution in [0.25, 0.3) is 0 Å². The van der Waals surface area contributed by atoms with Crippen molar-refractivity contribution in [3.8, 4) is 11.8 Å². The lowest BCUT2D eigenvalue weighted by molar-refractivity contribution is -0.134. The van der Waals surface area contributed by atoms with Gasteiger partial charge in [-0.1, -0.05) is 17.5 Å². The Morgan fingerprint density at radius 2 is 1.86 bits per heavy atom. The first-order chi connectivity index (χ1) is 17.2. The molecule has 8 nitrogen and oxygen atoms in total. The van der Waals surface area contributed by atoms with Gasteiger partial charge in [0.25, 0.3) is 11.8 Å². The highest BCUT2D eigenvalue weighted by atomic mass is 35.5. The fraction of sp³-hybridized carbons (Fsp3) is 0.462. The fourth-order valence-electron chi connectivity index (χ4n) is 4.61. The van der Waals surface area contributed by atoms with Gasteiger partial charge in [-0.3, -0.25) is 14.4 Å². The monoisotopic (exact) mass is 563 g/mol. The topological polar surface area (TPSA) is 94.6 Å². The van der Waals surface area contributed by atoms with E-state index in [4.69, 9.17) is 11.6 Å². The average molecular weight is 565 g/mol. The quantitative estimate of drug-likeness (QED) is 0.558. The normalized spacial score (nSPS) is 20.9. The summed E-state index contributed by atoms with van der Waals surface area (Å²) in [6.45, 7) is 1.70. The van der Waals surface area contributed by atoms with Gasteiger partial charge in [-0.15, -0.1) is 23.7 Å². The Balaban J connectivity index is 0.00000380. The number of halogens is 2. The largest absolute Gasteiger partial charge is 0.349 e. The van der Waals surface area contributed by atoms with Gasteiger partial charge in [-0.2, -0.15) is 0 Å². The number of hydrogen-bond donors (Lipinski definition) is 2. The third-order valence-electron chi connectivity index (χ3n) is 6.55. The predicted molar refractivity (Wildman–Crippen MR) is 147 cm³/mol. The Morgan fingerprint density at radius 1 is 1.14 bits per heavy atom. The molecule has 0 unspecified atom stereocenters. The highest BCUT2D eigenvalue weighted by molar-refractivity contribution is 7.13. The number of fused-ring (bicyclic) bond motifs is 1. The van der Waals surface area contributed by atoms with Crippen molar-refractivity contribution in [3.05, 3.63) is 50.4 Å². The number of carbonyl (C=O) groups is 3. The summed E-state index contributed by atoms with van der Waals surface area (Å²) < 4.78 is 0. The van der Waals surface area contributed by atoms with E-state index in [2.05, 4.69) is 39.4 Å². The number of nitrogens with zero attached hydrogens (tertiary/aromatic N) is 3. The molecule has 37 heavy (non-hydrogen) atoms. The zero-order valence-corrected chi connectivity index (χ0v) is 23.4. The van der Waals surface area contributed by atoms with Crippen molar-refractivity contribution in [2.75, 3.05) is 27.7 Å². The van der Waals surface area contributed by atoms with Crippen molar-refractivity contribution < 1.29 is 14.4 Å². The number of likely N-dealkylation sites (N-methyl/N-ethyl adjacent to an activating group) is 1. The first-order valence-corrected chi connectivity index (χ1v) is 13.2. The van der Waals surface area contributed by atoms with Gasteiger partial charge in [0.15, 0.2) is 5.01 Å². The van der Waals surface area contributed by atoms with E-state index in [1.807, 2.05) is 0 Å². The maximum absolute atomic E-state index is 13.2. The van der Waals surface area contributed by atoms with Crippen LogP contribution < -0.4 is 10.6 Å². The predicted octanol–water partition coefficient (Wildman–Crippen LogP) is 2.73. The molecule has 11 heteroatoms. The summed E-state index contributed by atoms with van der Waals surface area (Å²) in [4.78, 5) is 47.9. The lowest BCUT2D eigenvalue weighted by Gasteiger charge is -2.36. The lowest BCUT2D eigenvalue weighted by atomic mass is 9.81. The molecule has 1 fully saturated rings. The van der Waals surface area contributed by atoms with Crippen LogP contribution in [0, 0.1) is 17.8 Å². The van der Waals surface area contributed by atoms with Crippen LogP contribution in [-0.4, -0.2) is 72.3 Å². The van der Waals surface area contributed by atoms with Crippen molar-refractivity contribution in [3.63, 3.8) is 0 Å². The molecule has 1 aromatic heterocycles. The van der Waals surface area contributed by atoms with E-state index >= 15 is 0 Å². The van der Waals surface area contributed by atoms with Crippen molar-refractivity contribution >= 4 is 53.1 Å². The molecule has 1 aliphatic carbocycles. The SMILES string of the molecule is CN1CCc2nc(C(=O)N[C@@H]3C[C@@H](C(=O)N(C)C)CC[C@@H]3NC(=O)C#Cc3ccc(Cl)cc3)sc2C1.Cl. The highest BCUT2D eigenvalue weighted by Gasteiger charge is 2.36. The molecule has 1 aliphatic heterocycles. The summed E-state index contributed by atoms with van der Waals surface area (Å²) in [6.07, 6.45) is 2.44. The van der Waals surface area contributed by atoms with Crippen molar-refractivity contribution in [1.82, 2.24) is 25.4 Å². The van der Waals surface area contributed by atoms with Gasteiger partial charge in [0.05, 0.1) is 17.8 Å². The van der Waals surface area contributed by atoms with Crippen molar-refractivity contribution in [1.29, 1.82) is 0 Å². The molecule has 198 valence electrons. The van der Waals surface area contributed by atoms with Crippen LogP contribution in [0.2, 0.25) is 5.02 Å². The summed E-state index contributed by atoms with van der Waals surface area (Å²) in [5.41, 5.74) is 1.66. The molecular weight excluding hydrogens is 533 g/mol. The molecule has 3 atom stereocenters. The van der Waals surface area contributed by atoms with Crippen LogP contribution in [-0.2, 0) is 22.6 Å². The molecule has 4 rings (SSSR count). The number of aromatic nitrogens is 1. The smallest absolute Gasteiger partial charge is 0.296 e. The van der Waals surface area contributed by atoms with Gasteiger partial charge in [0, 0.05) is 60.9 Å². The summed E-state index contributed by atoms with van der Waals surface area (Å²) in [6, 6.07) is 6.17. The van der Waals surface area contributed by atoms with Gasteiger partial charge in [-0.05, 0) is 50.6 Å². The van der Waals surface area contributed by atoms with E-state index in [9.17, 15) is 14.4 Å². The minimum Gasteiger partial charge on any atom is -0.349 e. The van der Waals surface area contributed by atoms with E-state index < -0.39 is 11.9 Å². The van der Waals surface area contributed by atoms with Gasteiger partial charge >= 0.3 is 0 Å². The summed E-state index contributed by atoms with van der Waals surface area (Å²) >= 11 is 7.31. The zero-order valence-electron chi connectivity index (χ0n) is 21.0. The Labute approximate surface area is 232 Å². The second-order valence-electron chi connectivity index (χ2n) is 9.54. The standard InChI is InChI=1S/C26H30ClN5O3S.ClH/c1-31(2)26(35)17-7-10-19(28-23(33)11-6-16-4-8-18(27)9-5-16)21(14-17)29-24(34)25-30-20-12-13-32(3)15-22(20)36-25;/h4-5,8-9,17,19,21H,7,10,12-15H2,1-3H3,(H,28,33)(H,29,34);1H/t17-,19-,21+;/m0./s1. The highest BCUT2D eigenvalue weighted by Crippen LogP contribution is 2.28. The van der Waals surface area contributed by atoms with E-state index in [1.54, 1.807) is 43.3 Å². The van der Waals surface area contributed by atoms with Crippen molar-refractivity contribution in [2.24, 2.45) is 5.92 Å². The Kier molecular flexibility index (Phi) is 9.96. The maximum atomic E-state index is 13.2. The molecule has 2 aliphatic rings. The lowest BCUT2D eigenvalue weighted by Crippen LogP contribution is -2.55. The van der Waals surface area contributed by atoms with Crippen LogP contribution >= 0.6 is 35.3 Å². The Hall–Kier alpha value is -2.64. The number of thiazole rings is 1. The number of carbonyl (C=O) groups excluding carboxylic acids is 3. The van der Waals surface area contributed by atoms with Gasteiger partial charge in [0.2, 0.25) is 5.91 Å². The van der Waals surface area contributed by atoms with Crippen LogP contribution in [0.15, 0.2) is 24.3 Å². The molecular formula is C26H31Cl2N5O3S. The minimum atomic E-state index is -0.431. The average Bonchev–Trinajstić information content (AvgIpc) is 3.27. The first kappa shape index (κ1) is 28.9. The summed E-state index contributed by atoms with van der Waals surface area (Å²) in [5.74, 6) is 4.54. The molecule has 2 heterocycles. The number of hydrogen-bond acceptors (Lipinski definition) is 6. The second-order valence-corrected chi connectivity index (χ2v) is 11.1. The van der Waals surface area contributed by atoms with Crippen LogP contribution in [0.3, 0.4) is 0 Å². The first-order valence-electron chi connectivity index (χ1n) is 12.0. The Morgan fingerprint density at radius 3 is 2.57 bits per heavy atom. The third-order valence-corrected chi connectivity index (χ3v) is 7.89. The number of rotatable bonds is 4. The summed E-state index contributed by atoms with van der Waals surface area (Å²) in [7, 11) is 5.51. The van der Waals surface area contributed by atoms with Crippen LogP contribution in [0.4, 0.5) is 0 Å².